The second kappa shape index (κ2) is 6.09. The summed E-state index contributed by atoms with van der Waals surface area (Å²) in [5.41, 5.74) is 2.83. The lowest BCUT2D eigenvalue weighted by Gasteiger charge is -2.35. The van der Waals surface area contributed by atoms with Gasteiger partial charge in [-0.2, -0.15) is 0 Å². The minimum Gasteiger partial charge on any atom is -0.323 e. The third-order valence-electron chi connectivity index (χ3n) is 3.75. The molecule has 0 aromatic heterocycles. The van der Waals surface area contributed by atoms with E-state index in [2.05, 4.69) is 29.0 Å². The number of nitrogen functional groups attached to an aromatic ring is 1. The second-order valence-corrected chi connectivity index (χ2v) is 7.08. The van der Waals surface area contributed by atoms with Gasteiger partial charge in [0, 0.05) is 12.6 Å². The highest BCUT2D eigenvalue weighted by atomic mass is 32.2. The molecule has 1 aromatic carbocycles. The maximum absolute atomic E-state index is 12.5. The summed E-state index contributed by atoms with van der Waals surface area (Å²) >= 11 is 0. The van der Waals surface area contributed by atoms with Crippen molar-refractivity contribution in [2.45, 2.75) is 24.3 Å². The molecule has 2 unspecified atom stereocenters. The maximum atomic E-state index is 12.5. The summed E-state index contributed by atoms with van der Waals surface area (Å²) < 4.78 is 27.8. The highest BCUT2D eigenvalue weighted by Crippen LogP contribution is 2.22. The summed E-state index contributed by atoms with van der Waals surface area (Å²) in [6.45, 7) is 3.86. The van der Waals surface area contributed by atoms with Crippen molar-refractivity contribution in [2.75, 3.05) is 25.6 Å². The third-order valence-corrected chi connectivity index (χ3v) is 5.30. The van der Waals surface area contributed by atoms with Crippen LogP contribution in [0.4, 0.5) is 5.69 Å². The van der Waals surface area contributed by atoms with Crippen LogP contribution in [0.2, 0.25) is 0 Å². The molecule has 6 nitrogen and oxygen atoms in total. The molecule has 4 N–H and O–H groups in total. The molecule has 0 bridgehead atoms. The minimum absolute atomic E-state index is 0.0398. The van der Waals surface area contributed by atoms with Gasteiger partial charge in [0.25, 0.3) is 0 Å². The quantitative estimate of drug-likeness (QED) is 0.559. The van der Waals surface area contributed by atoms with Crippen LogP contribution in [0.3, 0.4) is 0 Å². The first-order valence-corrected chi connectivity index (χ1v) is 8.19. The van der Waals surface area contributed by atoms with E-state index in [1.807, 2.05) is 0 Å². The molecule has 112 valence electrons. The number of hydrazine groups is 1. The van der Waals surface area contributed by atoms with Gasteiger partial charge >= 0.3 is 0 Å². The molecule has 2 rings (SSSR count). The van der Waals surface area contributed by atoms with E-state index in [1.165, 1.54) is 0 Å². The van der Waals surface area contributed by atoms with E-state index in [0.29, 0.717) is 5.69 Å². The summed E-state index contributed by atoms with van der Waals surface area (Å²) in [5, 5.41) is 0. The van der Waals surface area contributed by atoms with Crippen LogP contribution in [0.1, 0.15) is 13.3 Å². The smallest absolute Gasteiger partial charge is 0.242 e. The van der Waals surface area contributed by atoms with Gasteiger partial charge < -0.3 is 10.3 Å². The van der Waals surface area contributed by atoms with E-state index in [1.54, 1.807) is 24.3 Å². The summed E-state index contributed by atoms with van der Waals surface area (Å²) in [7, 11) is -1.51. The number of nitrogens with one attached hydrogen (secondary N) is 2. The molecular weight excluding hydrogens is 276 g/mol. The number of rotatable bonds is 4. The van der Waals surface area contributed by atoms with Crippen LogP contribution in [0.25, 0.3) is 0 Å². The summed E-state index contributed by atoms with van der Waals surface area (Å²) in [5.74, 6) is 5.66. The number of likely N-dealkylation sites (tertiary alicyclic amines) is 1. The Labute approximate surface area is 120 Å². The lowest BCUT2D eigenvalue weighted by Crippen LogP contribution is -2.48. The van der Waals surface area contributed by atoms with E-state index in [0.717, 1.165) is 19.5 Å². The van der Waals surface area contributed by atoms with E-state index in [4.69, 9.17) is 5.84 Å². The van der Waals surface area contributed by atoms with E-state index in [-0.39, 0.29) is 16.9 Å². The van der Waals surface area contributed by atoms with Crippen molar-refractivity contribution in [2.24, 2.45) is 11.8 Å². The number of anilines is 1. The number of para-hydroxylation sites is 1. The fourth-order valence-corrected chi connectivity index (χ4v) is 4.16. The van der Waals surface area contributed by atoms with Crippen molar-refractivity contribution in [1.82, 2.24) is 9.62 Å². The van der Waals surface area contributed by atoms with Gasteiger partial charge in [-0.25, -0.2) is 13.1 Å². The van der Waals surface area contributed by atoms with Crippen LogP contribution in [0.15, 0.2) is 29.2 Å². The zero-order chi connectivity index (χ0) is 14.8. The van der Waals surface area contributed by atoms with Crippen molar-refractivity contribution in [1.29, 1.82) is 0 Å². The molecule has 0 saturated carbocycles. The predicted molar refractivity (Wildman–Crippen MR) is 79.6 cm³/mol. The van der Waals surface area contributed by atoms with Crippen LogP contribution < -0.4 is 16.0 Å². The number of sulfonamides is 1. The van der Waals surface area contributed by atoms with Gasteiger partial charge in [-0.3, -0.25) is 5.84 Å². The molecule has 1 saturated heterocycles. The van der Waals surface area contributed by atoms with Crippen LogP contribution in [0, 0.1) is 5.92 Å². The Morgan fingerprint density at radius 3 is 2.70 bits per heavy atom. The average Bonchev–Trinajstić information content (AvgIpc) is 2.42. The SMILES string of the molecule is CC1CN(C)CCC1NS(=O)(=O)c1ccccc1NN. The van der Waals surface area contributed by atoms with Crippen LogP contribution >= 0.6 is 0 Å². The first kappa shape index (κ1) is 15.2. The fourth-order valence-electron chi connectivity index (χ4n) is 2.61. The zero-order valence-electron chi connectivity index (χ0n) is 11.8. The highest BCUT2D eigenvalue weighted by Gasteiger charge is 2.29. The normalized spacial score (nSPS) is 24.6. The Balaban J connectivity index is 2.19. The van der Waals surface area contributed by atoms with Gasteiger partial charge in [-0.1, -0.05) is 19.1 Å². The Kier molecular flexibility index (Phi) is 4.64. The molecule has 2 atom stereocenters. The monoisotopic (exact) mass is 298 g/mol. The second-order valence-electron chi connectivity index (χ2n) is 5.40. The number of hydrogen-bond donors (Lipinski definition) is 3. The number of hydrogen-bond acceptors (Lipinski definition) is 5. The Morgan fingerprint density at radius 2 is 2.05 bits per heavy atom. The lowest BCUT2D eigenvalue weighted by atomic mass is 9.95. The maximum Gasteiger partial charge on any atom is 0.242 e. The molecule has 0 radical (unpaired) electrons. The van der Waals surface area contributed by atoms with Crippen LogP contribution in [-0.4, -0.2) is 39.5 Å². The molecule has 20 heavy (non-hydrogen) atoms. The molecule has 1 fully saturated rings. The van der Waals surface area contributed by atoms with Crippen LogP contribution in [0.5, 0.6) is 0 Å². The first-order chi connectivity index (χ1) is 9.44. The Hall–Kier alpha value is -1.15. The predicted octanol–water partition coefficient (Wildman–Crippen LogP) is 0.591. The van der Waals surface area contributed by atoms with E-state index in [9.17, 15) is 8.42 Å². The molecule has 1 aliphatic heterocycles. The molecule has 0 spiro atoms. The molecule has 1 aliphatic rings. The average molecular weight is 298 g/mol. The Morgan fingerprint density at radius 1 is 1.35 bits per heavy atom. The van der Waals surface area contributed by atoms with Crippen molar-refractivity contribution in [3.63, 3.8) is 0 Å². The van der Waals surface area contributed by atoms with Gasteiger partial charge in [0.15, 0.2) is 0 Å². The molecule has 1 aromatic rings. The van der Waals surface area contributed by atoms with E-state index >= 15 is 0 Å². The summed E-state index contributed by atoms with van der Waals surface area (Å²) in [4.78, 5) is 2.40. The zero-order valence-corrected chi connectivity index (χ0v) is 12.7. The van der Waals surface area contributed by atoms with Crippen molar-refractivity contribution >= 4 is 15.7 Å². The number of piperidine rings is 1. The van der Waals surface area contributed by atoms with E-state index < -0.39 is 10.0 Å². The molecule has 0 amide bonds. The largest absolute Gasteiger partial charge is 0.323 e. The first-order valence-electron chi connectivity index (χ1n) is 6.70. The molecule has 7 heteroatoms. The van der Waals surface area contributed by atoms with Crippen molar-refractivity contribution < 1.29 is 8.42 Å². The summed E-state index contributed by atoms with van der Waals surface area (Å²) in [6, 6.07) is 6.59. The highest BCUT2D eigenvalue weighted by molar-refractivity contribution is 7.89. The van der Waals surface area contributed by atoms with Crippen LogP contribution in [-0.2, 0) is 10.0 Å². The van der Waals surface area contributed by atoms with Crippen molar-refractivity contribution in [3.8, 4) is 0 Å². The minimum atomic E-state index is -3.56. The number of nitrogens with zero attached hydrogens (tertiary/aromatic N) is 1. The Bertz CT molecular complexity index is 561. The van der Waals surface area contributed by atoms with Gasteiger partial charge in [0.2, 0.25) is 10.0 Å². The number of nitrogens with two attached hydrogens (primary N) is 1. The van der Waals surface area contributed by atoms with Gasteiger partial charge in [0.1, 0.15) is 4.90 Å². The van der Waals surface area contributed by atoms with Gasteiger partial charge in [-0.05, 0) is 38.1 Å². The topological polar surface area (TPSA) is 87.5 Å². The van der Waals surface area contributed by atoms with Crippen molar-refractivity contribution in [3.05, 3.63) is 24.3 Å². The number of benzene rings is 1. The molecule has 0 aliphatic carbocycles. The standard InChI is InChI=1S/C13H22N4O2S/c1-10-9-17(2)8-7-11(10)16-20(18,19)13-6-4-3-5-12(13)15-14/h3-6,10-11,15-16H,7-9,14H2,1-2H3. The fraction of sp³-hybridized carbons (Fsp3) is 0.538. The lowest BCUT2D eigenvalue weighted by molar-refractivity contribution is 0.188. The van der Waals surface area contributed by atoms with Gasteiger partial charge in [0.05, 0.1) is 5.69 Å². The van der Waals surface area contributed by atoms with Gasteiger partial charge in [-0.15, -0.1) is 0 Å². The summed E-state index contributed by atoms with van der Waals surface area (Å²) in [6.07, 6.45) is 0.815. The molecular formula is C13H22N4O2S. The molecule has 1 heterocycles. The third kappa shape index (κ3) is 3.29.